The van der Waals surface area contributed by atoms with Crippen molar-refractivity contribution >= 4 is 17.7 Å². The van der Waals surface area contributed by atoms with Gasteiger partial charge >= 0.3 is 12.1 Å². The minimum atomic E-state index is -4.59. The van der Waals surface area contributed by atoms with E-state index in [0.29, 0.717) is 5.69 Å². The smallest absolute Gasteiger partial charge is 0.433 e. The van der Waals surface area contributed by atoms with E-state index in [-0.39, 0.29) is 28.4 Å². The summed E-state index contributed by atoms with van der Waals surface area (Å²) in [4.78, 5) is 26.8. The minimum Gasteiger partial charge on any atom is -0.478 e. The Balaban J connectivity index is 1.72. The summed E-state index contributed by atoms with van der Waals surface area (Å²) in [7, 11) is 0. The lowest BCUT2D eigenvalue weighted by molar-refractivity contribution is -0.141. The number of aromatic nitrogens is 6. The molecule has 0 spiro atoms. The first-order valence-electron chi connectivity index (χ1n) is 8.52. The number of carbonyl (C=O) groups is 1. The van der Waals surface area contributed by atoms with Gasteiger partial charge in [0.25, 0.3) is 0 Å². The normalized spacial score (nSPS) is 14.8. The van der Waals surface area contributed by atoms with E-state index in [1.165, 1.54) is 31.2 Å². The molecule has 0 bridgehead atoms. The first-order chi connectivity index (χ1) is 13.8. The van der Waals surface area contributed by atoms with E-state index in [1.807, 2.05) is 0 Å². The number of pyridine rings is 1. The van der Waals surface area contributed by atoms with Crippen LogP contribution in [0.3, 0.4) is 0 Å². The first kappa shape index (κ1) is 18.7. The summed E-state index contributed by atoms with van der Waals surface area (Å²) in [6.07, 6.45) is 3.30. The highest BCUT2D eigenvalue weighted by Crippen LogP contribution is 2.41. The van der Waals surface area contributed by atoms with Crippen LogP contribution in [-0.4, -0.2) is 40.8 Å². The number of aliphatic carboxylic acids is 1. The number of carboxylic acid groups (broad SMARTS) is 1. The van der Waals surface area contributed by atoms with Crippen molar-refractivity contribution < 1.29 is 23.1 Å². The molecule has 29 heavy (non-hydrogen) atoms. The van der Waals surface area contributed by atoms with Gasteiger partial charge in [-0.3, -0.25) is 0 Å². The Morgan fingerprint density at radius 1 is 1.21 bits per heavy atom. The standard InChI is InChI=1S/C18H13F3N6O2/c19-18(20,21)15-4-11(3-14(25-15)10-1-2-10)16-24-9-27(26-16)7-13(17(28)29)12-5-22-8-23-6-12/h3-10H,1-2H2,(H,28,29)/b13-7+. The molecule has 0 saturated heterocycles. The van der Waals surface area contributed by atoms with Crippen LogP contribution in [0.4, 0.5) is 13.2 Å². The van der Waals surface area contributed by atoms with Gasteiger partial charge < -0.3 is 5.11 Å². The molecule has 148 valence electrons. The zero-order valence-corrected chi connectivity index (χ0v) is 14.7. The Morgan fingerprint density at radius 3 is 2.55 bits per heavy atom. The summed E-state index contributed by atoms with van der Waals surface area (Å²) < 4.78 is 40.7. The predicted octanol–water partition coefficient (Wildman–Crippen LogP) is 3.11. The summed E-state index contributed by atoms with van der Waals surface area (Å²) in [6.45, 7) is 0. The summed E-state index contributed by atoms with van der Waals surface area (Å²) in [6, 6.07) is 2.43. The first-order valence-corrected chi connectivity index (χ1v) is 8.52. The largest absolute Gasteiger partial charge is 0.478 e. The van der Waals surface area contributed by atoms with E-state index in [2.05, 4.69) is 25.0 Å². The van der Waals surface area contributed by atoms with Gasteiger partial charge in [0.1, 0.15) is 18.3 Å². The maximum atomic E-state index is 13.2. The number of rotatable bonds is 5. The quantitative estimate of drug-likeness (QED) is 0.654. The van der Waals surface area contributed by atoms with Crippen LogP contribution >= 0.6 is 0 Å². The van der Waals surface area contributed by atoms with E-state index in [9.17, 15) is 23.1 Å². The summed E-state index contributed by atoms with van der Waals surface area (Å²) in [5, 5.41) is 13.5. The van der Waals surface area contributed by atoms with Crippen molar-refractivity contribution in [2.75, 3.05) is 0 Å². The molecular formula is C18H13F3N6O2. The lowest BCUT2D eigenvalue weighted by Gasteiger charge is -2.09. The monoisotopic (exact) mass is 402 g/mol. The molecule has 0 aromatic carbocycles. The van der Waals surface area contributed by atoms with Crippen LogP contribution in [-0.2, 0) is 11.0 Å². The van der Waals surface area contributed by atoms with Crippen molar-refractivity contribution in [3.05, 3.63) is 54.1 Å². The molecule has 1 aliphatic carbocycles. The maximum Gasteiger partial charge on any atom is 0.433 e. The van der Waals surface area contributed by atoms with E-state index < -0.39 is 17.8 Å². The number of carboxylic acids is 1. The highest BCUT2D eigenvalue weighted by Gasteiger charge is 2.35. The number of nitrogens with zero attached hydrogens (tertiary/aromatic N) is 6. The van der Waals surface area contributed by atoms with Crippen LogP contribution in [0.1, 0.15) is 35.7 Å². The summed E-state index contributed by atoms with van der Waals surface area (Å²) in [5.41, 5.74) is -0.380. The molecule has 1 aliphatic rings. The van der Waals surface area contributed by atoms with Crippen molar-refractivity contribution in [1.82, 2.24) is 29.7 Å². The van der Waals surface area contributed by atoms with Gasteiger partial charge in [-0.25, -0.2) is 29.4 Å². The lowest BCUT2D eigenvalue weighted by atomic mass is 10.1. The van der Waals surface area contributed by atoms with Crippen molar-refractivity contribution in [1.29, 1.82) is 0 Å². The number of hydrogen-bond donors (Lipinski definition) is 1. The number of halogens is 3. The van der Waals surface area contributed by atoms with Gasteiger partial charge in [-0.1, -0.05) is 0 Å². The highest BCUT2D eigenvalue weighted by atomic mass is 19.4. The molecule has 3 aromatic heterocycles. The number of hydrogen-bond acceptors (Lipinski definition) is 6. The maximum absolute atomic E-state index is 13.2. The molecule has 0 radical (unpaired) electrons. The average Bonchev–Trinajstić information content (AvgIpc) is 3.44. The van der Waals surface area contributed by atoms with Crippen LogP contribution in [0.25, 0.3) is 23.2 Å². The zero-order valence-electron chi connectivity index (χ0n) is 14.7. The molecule has 4 rings (SSSR count). The van der Waals surface area contributed by atoms with E-state index in [1.54, 1.807) is 6.07 Å². The van der Waals surface area contributed by atoms with Gasteiger partial charge in [-0.05, 0) is 25.0 Å². The van der Waals surface area contributed by atoms with Crippen LogP contribution in [0, 0.1) is 0 Å². The molecule has 11 heteroatoms. The average molecular weight is 402 g/mol. The van der Waals surface area contributed by atoms with Gasteiger partial charge in [-0.15, -0.1) is 5.10 Å². The molecule has 0 aliphatic heterocycles. The minimum absolute atomic E-state index is 0.00900. The third-order valence-electron chi connectivity index (χ3n) is 4.26. The van der Waals surface area contributed by atoms with Gasteiger partial charge in [0.05, 0.1) is 5.57 Å². The van der Waals surface area contributed by atoms with Crippen LogP contribution < -0.4 is 0 Å². The molecule has 1 fully saturated rings. The SMILES string of the molecule is O=C(O)/C(=C/n1cnc(-c2cc(C3CC3)nc(C(F)(F)F)c2)n1)c1cncnc1. The molecule has 0 atom stereocenters. The second-order valence-electron chi connectivity index (χ2n) is 6.46. The fourth-order valence-corrected chi connectivity index (χ4v) is 2.71. The third-order valence-corrected chi connectivity index (χ3v) is 4.26. The fourth-order valence-electron chi connectivity index (χ4n) is 2.71. The van der Waals surface area contributed by atoms with Gasteiger partial charge in [-0.2, -0.15) is 13.2 Å². The Kier molecular flexibility index (Phi) is 4.57. The molecule has 0 unspecified atom stereocenters. The van der Waals surface area contributed by atoms with Crippen LogP contribution in [0.2, 0.25) is 0 Å². The Bertz CT molecular complexity index is 1090. The van der Waals surface area contributed by atoms with Crippen molar-refractivity contribution in [3.8, 4) is 11.4 Å². The van der Waals surface area contributed by atoms with E-state index in [4.69, 9.17) is 0 Å². The van der Waals surface area contributed by atoms with Crippen molar-refractivity contribution in [3.63, 3.8) is 0 Å². The Hall–Kier alpha value is -3.63. The molecule has 3 heterocycles. The topological polar surface area (TPSA) is 107 Å². The third kappa shape index (κ3) is 4.13. The van der Waals surface area contributed by atoms with Gasteiger partial charge in [0.15, 0.2) is 5.82 Å². The lowest BCUT2D eigenvalue weighted by Crippen LogP contribution is -2.10. The number of alkyl halides is 3. The zero-order chi connectivity index (χ0) is 20.6. The highest BCUT2D eigenvalue weighted by molar-refractivity contribution is 6.18. The van der Waals surface area contributed by atoms with Gasteiger partial charge in [0.2, 0.25) is 0 Å². The Morgan fingerprint density at radius 2 is 1.93 bits per heavy atom. The van der Waals surface area contributed by atoms with Gasteiger partial charge in [0, 0.05) is 41.3 Å². The Labute approximate surface area is 161 Å². The molecule has 8 nitrogen and oxygen atoms in total. The molecule has 3 aromatic rings. The molecular weight excluding hydrogens is 389 g/mol. The second kappa shape index (κ2) is 7.08. The summed E-state index contributed by atoms with van der Waals surface area (Å²) >= 11 is 0. The second-order valence-corrected chi connectivity index (χ2v) is 6.46. The van der Waals surface area contributed by atoms with Crippen LogP contribution in [0.5, 0.6) is 0 Å². The van der Waals surface area contributed by atoms with Crippen LogP contribution in [0.15, 0.2) is 37.2 Å². The molecule has 0 amide bonds. The fraction of sp³-hybridized carbons (Fsp3) is 0.222. The molecule has 1 N–H and O–H groups in total. The van der Waals surface area contributed by atoms with Crippen molar-refractivity contribution in [2.45, 2.75) is 24.9 Å². The van der Waals surface area contributed by atoms with E-state index in [0.717, 1.165) is 23.6 Å². The summed E-state index contributed by atoms with van der Waals surface area (Å²) in [5.74, 6) is -1.20. The van der Waals surface area contributed by atoms with Crippen molar-refractivity contribution in [2.24, 2.45) is 0 Å². The molecule has 1 saturated carbocycles. The predicted molar refractivity (Wildman–Crippen MR) is 94.1 cm³/mol. The van der Waals surface area contributed by atoms with E-state index >= 15 is 0 Å².